The summed E-state index contributed by atoms with van der Waals surface area (Å²) in [6.45, 7) is 11.2. The summed E-state index contributed by atoms with van der Waals surface area (Å²) in [5.74, 6) is 0.438. The van der Waals surface area contributed by atoms with E-state index in [2.05, 4.69) is 27.7 Å². The van der Waals surface area contributed by atoms with Gasteiger partial charge in [0.05, 0.1) is 4.90 Å². The molecule has 2 rings (SSSR count). The summed E-state index contributed by atoms with van der Waals surface area (Å²) in [6, 6.07) is 7.54. The van der Waals surface area contributed by atoms with Crippen molar-refractivity contribution in [3.63, 3.8) is 0 Å². The van der Waals surface area contributed by atoms with Gasteiger partial charge in [-0.1, -0.05) is 39.8 Å². The van der Waals surface area contributed by atoms with Gasteiger partial charge in [0.15, 0.2) is 0 Å². The number of hydrogen-bond donors (Lipinski definition) is 0. The van der Waals surface area contributed by atoms with Gasteiger partial charge in [-0.15, -0.1) is 0 Å². The molecule has 1 aromatic rings. The van der Waals surface area contributed by atoms with Crippen LogP contribution >= 0.6 is 0 Å². The number of hydrogen-bond acceptors (Lipinski definition) is 2. The maximum Gasteiger partial charge on any atom is 0.243 e. The van der Waals surface area contributed by atoms with Crippen molar-refractivity contribution in [3.8, 4) is 0 Å². The second-order valence-electron chi connectivity index (χ2n) is 7.03. The Kier molecular flexibility index (Phi) is 4.50. The lowest BCUT2D eigenvalue weighted by Gasteiger charge is -2.24. The van der Waals surface area contributed by atoms with Gasteiger partial charge < -0.3 is 0 Å². The average Bonchev–Trinajstić information content (AvgIpc) is 2.78. The fraction of sp³-hybridized carbons (Fsp3) is 0.647. The Labute approximate surface area is 129 Å². The van der Waals surface area contributed by atoms with Crippen LogP contribution in [0.2, 0.25) is 0 Å². The Hall–Kier alpha value is -0.870. The minimum atomic E-state index is -3.36. The Morgan fingerprint density at radius 1 is 1.19 bits per heavy atom. The molecule has 0 aliphatic carbocycles. The van der Waals surface area contributed by atoms with Crippen LogP contribution in [0.25, 0.3) is 0 Å². The zero-order valence-electron chi connectivity index (χ0n) is 13.8. The highest BCUT2D eigenvalue weighted by Crippen LogP contribution is 2.31. The van der Waals surface area contributed by atoms with Crippen molar-refractivity contribution >= 4 is 10.0 Å². The molecule has 21 heavy (non-hydrogen) atoms. The van der Waals surface area contributed by atoms with Crippen molar-refractivity contribution in [1.29, 1.82) is 0 Å². The van der Waals surface area contributed by atoms with E-state index in [0.29, 0.717) is 17.4 Å². The molecule has 1 aliphatic rings. The first-order valence-corrected chi connectivity index (χ1v) is 9.25. The molecule has 0 N–H and O–H groups in total. The molecular weight excluding hydrogens is 282 g/mol. The summed E-state index contributed by atoms with van der Waals surface area (Å²) in [5.41, 5.74) is 1.27. The summed E-state index contributed by atoms with van der Waals surface area (Å²) in [5, 5.41) is 0. The van der Waals surface area contributed by atoms with Crippen molar-refractivity contribution in [3.05, 3.63) is 29.8 Å². The van der Waals surface area contributed by atoms with Gasteiger partial charge in [-0.05, 0) is 48.8 Å². The molecule has 0 spiro atoms. The molecule has 1 heterocycles. The third-order valence-corrected chi connectivity index (χ3v) is 6.85. The maximum absolute atomic E-state index is 12.7. The molecule has 1 saturated heterocycles. The second-order valence-corrected chi connectivity index (χ2v) is 8.92. The highest BCUT2D eigenvalue weighted by molar-refractivity contribution is 7.89. The quantitative estimate of drug-likeness (QED) is 0.848. The molecule has 2 atom stereocenters. The minimum absolute atomic E-state index is 0.0811. The fourth-order valence-electron chi connectivity index (χ4n) is 3.01. The highest BCUT2D eigenvalue weighted by Gasteiger charge is 2.36. The van der Waals surface area contributed by atoms with Crippen LogP contribution in [0.3, 0.4) is 0 Å². The molecule has 1 aliphatic heterocycles. The lowest BCUT2D eigenvalue weighted by Crippen LogP contribution is -2.34. The molecule has 0 aromatic heterocycles. The monoisotopic (exact) mass is 309 g/mol. The van der Waals surface area contributed by atoms with Crippen molar-refractivity contribution < 1.29 is 8.42 Å². The molecule has 4 heteroatoms. The van der Waals surface area contributed by atoms with E-state index in [1.54, 1.807) is 16.4 Å². The normalized spacial score (nSPS) is 24.4. The van der Waals surface area contributed by atoms with Gasteiger partial charge in [-0.3, -0.25) is 0 Å². The van der Waals surface area contributed by atoms with E-state index >= 15 is 0 Å². The molecule has 118 valence electrons. The third-order valence-electron chi connectivity index (χ3n) is 4.85. The standard InChI is InChI=1S/C17H27NO2S/c1-6-17(4,5)15-7-9-16(10-8-15)21(19,20)18-12-13(2)11-14(18)3/h7-10,13-14H,6,11-12H2,1-5H3. The summed E-state index contributed by atoms with van der Waals surface area (Å²) in [4.78, 5) is 0.416. The van der Waals surface area contributed by atoms with E-state index in [0.717, 1.165) is 12.8 Å². The Morgan fingerprint density at radius 3 is 2.19 bits per heavy atom. The van der Waals surface area contributed by atoms with Crippen molar-refractivity contribution in [2.75, 3.05) is 6.54 Å². The number of benzene rings is 1. The molecule has 0 radical (unpaired) electrons. The molecule has 0 saturated carbocycles. The van der Waals surface area contributed by atoms with Crippen LogP contribution in [-0.4, -0.2) is 25.3 Å². The van der Waals surface area contributed by atoms with Gasteiger partial charge >= 0.3 is 0 Å². The lowest BCUT2D eigenvalue weighted by atomic mass is 9.82. The van der Waals surface area contributed by atoms with E-state index in [4.69, 9.17) is 0 Å². The van der Waals surface area contributed by atoms with Gasteiger partial charge in [-0.2, -0.15) is 4.31 Å². The van der Waals surface area contributed by atoms with Gasteiger partial charge in [0.2, 0.25) is 10.0 Å². The van der Waals surface area contributed by atoms with E-state index in [-0.39, 0.29) is 11.5 Å². The zero-order valence-corrected chi connectivity index (χ0v) is 14.6. The van der Waals surface area contributed by atoms with Crippen molar-refractivity contribution in [2.45, 2.75) is 63.8 Å². The topological polar surface area (TPSA) is 37.4 Å². The zero-order chi connectivity index (χ0) is 15.8. The molecule has 0 bridgehead atoms. The first-order chi connectivity index (χ1) is 9.68. The van der Waals surface area contributed by atoms with Gasteiger partial charge in [0, 0.05) is 12.6 Å². The van der Waals surface area contributed by atoms with Crippen LogP contribution in [0.1, 0.15) is 53.0 Å². The SMILES string of the molecule is CCC(C)(C)c1ccc(S(=O)(=O)N2CC(C)CC2C)cc1. The first-order valence-electron chi connectivity index (χ1n) is 7.81. The Morgan fingerprint density at radius 2 is 1.76 bits per heavy atom. The molecular formula is C17H27NO2S. The Balaban J connectivity index is 2.30. The molecule has 3 nitrogen and oxygen atoms in total. The summed E-state index contributed by atoms with van der Waals surface area (Å²) in [7, 11) is -3.36. The molecule has 1 aromatic carbocycles. The molecule has 2 unspecified atom stereocenters. The summed E-state index contributed by atoms with van der Waals surface area (Å²) in [6.07, 6.45) is 1.97. The molecule has 0 amide bonds. The fourth-order valence-corrected chi connectivity index (χ4v) is 4.78. The predicted octanol–water partition coefficient (Wildman–Crippen LogP) is 3.79. The maximum atomic E-state index is 12.7. The van der Waals surface area contributed by atoms with Crippen LogP contribution in [0.4, 0.5) is 0 Å². The van der Waals surface area contributed by atoms with E-state index in [1.165, 1.54) is 5.56 Å². The summed E-state index contributed by atoms with van der Waals surface area (Å²) >= 11 is 0. The largest absolute Gasteiger partial charge is 0.243 e. The van der Waals surface area contributed by atoms with Crippen LogP contribution in [0.5, 0.6) is 0 Å². The van der Waals surface area contributed by atoms with Gasteiger partial charge in [-0.25, -0.2) is 8.42 Å². The van der Waals surface area contributed by atoms with Crippen LogP contribution in [0.15, 0.2) is 29.2 Å². The smallest absolute Gasteiger partial charge is 0.207 e. The minimum Gasteiger partial charge on any atom is -0.207 e. The van der Waals surface area contributed by atoms with Crippen molar-refractivity contribution in [1.82, 2.24) is 4.31 Å². The Bertz CT molecular complexity index is 590. The second kappa shape index (κ2) is 5.73. The first kappa shape index (κ1) is 16.5. The van der Waals surface area contributed by atoms with Gasteiger partial charge in [0.1, 0.15) is 0 Å². The summed E-state index contributed by atoms with van der Waals surface area (Å²) < 4.78 is 27.1. The lowest BCUT2D eigenvalue weighted by molar-refractivity contribution is 0.405. The van der Waals surface area contributed by atoms with Crippen LogP contribution in [0, 0.1) is 5.92 Å². The molecule has 1 fully saturated rings. The van der Waals surface area contributed by atoms with E-state index < -0.39 is 10.0 Å². The number of sulfonamides is 1. The van der Waals surface area contributed by atoms with E-state index in [1.807, 2.05) is 19.1 Å². The van der Waals surface area contributed by atoms with E-state index in [9.17, 15) is 8.42 Å². The van der Waals surface area contributed by atoms with Crippen LogP contribution in [-0.2, 0) is 15.4 Å². The van der Waals surface area contributed by atoms with Crippen LogP contribution < -0.4 is 0 Å². The number of nitrogens with zero attached hydrogens (tertiary/aromatic N) is 1. The highest BCUT2D eigenvalue weighted by atomic mass is 32.2. The van der Waals surface area contributed by atoms with Gasteiger partial charge in [0.25, 0.3) is 0 Å². The third kappa shape index (κ3) is 3.16. The number of rotatable bonds is 4. The predicted molar refractivity (Wildman–Crippen MR) is 86.9 cm³/mol. The average molecular weight is 309 g/mol. The van der Waals surface area contributed by atoms with Crippen molar-refractivity contribution in [2.24, 2.45) is 5.92 Å².